The van der Waals surface area contributed by atoms with Gasteiger partial charge in [0.05, 0.1) is 4.47 Å². The van der Waals surface area contributed by atoms with Crippen molar-refractivity contribution in [1.29, 1.82) is 0 Å². The molecule has 0 bridgehead atoms. The number of aromatic nitrogens is 1. The Balaban J connectivity index is 2.65. The van der Waals surface area contributed by atoms with Crippen LogP contribution in [0.4, 0.5) is 5.82 Å². The van der Waals surface area contributed by atoms with Crippen LogP contribution in [0.25, 0.3) is 0 Å². The Morgan fingerprint density at radius 3 is 2.60 bits per heavy atom. The highest BCUT2D eigenvalue weighted by molar-refractivity contribution is 9.10. The summed E-state index contributed by atoms with van der Waals surface area (Å²) in [6.45, 7) is 6.69. The van der Waals surface area contributed by atoms with Gasteiger partial charge in [0.15, 0.2) is 0 Å². The standard InChI is InChI=1S/C12H19BrN2/c1-4-10(5-2)9(3)15-12-11(13)7-6-8-14-12/h6-10H,4-5H2,1-3H3,(H,14,15). The lowest BCUT2D eigenvalue weighted by Crippen LogP contribution is -2.25. The summed E-state index contributed by atoms with van der Waals surface area (Å²) in [5.41, 5.74) is 0. The Morgan fingerprint density at radius 2 is 2.07 bits per heavy atom. The van der Waals surface area contributed by atoms with Crippen molar-refractivity contribution in [1.82, 2.24) is 4.98 Å². The molecule has 2 nitrogen and oxygen atoms in total. The van der Waals surface area contributed by atoms with Crippen molar-refractivity contribution in [2.24, 2.45) is 5.92 Å². The number of hydrogen-bond acceptors (Lipinski definition) is 2. The highest BCUT2D eigenvalue weighted by Crippen LogP contribution is 2.22. The van der Waals surface area contributed by atoms with E-state index in [0.29, 0.717) is 12.0 Å². The van der Waals surface area contributed by atoms with Gasteiger partial charge in [-0.15, -0.1) is 0 Å². The van der Waals surface area contributed by atoms with Gasteiger partial charge in [0.25, 0.3) is 0 Å². The molecule has 0 saturated carbocycles. The van der Waals surface area contributed by atoms with Crippen LogP contribution in [-0.2, 0) is 0 Å². The molecule has 1 aromatic rings. The van der Waals surface area contributed by atoms with Crippen molar-refractivity contribution < 1.29 is 0 Å². The van der Waals surface area contributed by atoms with Gasteiger partial charge >= 0.3 is 0 Å². The molecule has 3 heteroatoms. The second-order valence-corrected chi connectivity index (χ2v) is 4.70. The Bertz CT molecular complexity index is 297. The van der Waals surface area contributed by atoms with E-state index in [-0.39, 0.29) is 0 Å². The number of halogens is 1. The first-order chi connectivity index (χ1) is 7.19. The molecule has 0 spiro atoms. The lowest BCUT2D eigenvalue weighted by atomic mass is 9.95. The zero-order valence-corrected chi connectivity index (χ0v) is 11.2. The highest BCUT2D eigenvalue weighted by atomic mass is 79.9. The van der Waals surface area contributed by atoms with Crippen LogP contribution < -0.4 is 5.32 Å². The summed E-state index contributed by atoms with van der Waals surface area (Å²) in [6, 6.07) is 4.40. The molecule has 84 valence electrons. The predicted molar refractivity (Wildman–Crippen MR) is 69.1 cm³/mol. The maximum atomic E-state index is 4.31. The van der Waals surface area contributed by atoms with Gasteiger partial charge in [0.2, 0.25) is 0 Å². The number of nitrogens with one attached hydrogen (secondary N) is 1. The van der Waals surface area contributed by atoms with E-state index in [4.69, 9.17) is 0 Å². The Labute approximate surface area is 101 Å². The molecule has 1 aromatic heterocycles. The van der Waals surface area contributed by atoms with E-state index in [1.54, 1.807) is 0 Å². The summed E-state index contributed by atoms with van der Waals surface area (Å²) < 4.78 is 1.03. The van der Waals surface area contributed by atoms with Crippen LogP contribution >= 0.6 is 15.9 Å². The van der Waals surface area contributed by atoms with Crippen LogP contribution in [0, 0.1) is 5.92 Å². The van der Waals surface area contributed by atoms with Crippen LogP contribution in [0.3, 0.4) is 0 Å². The van der Waals surface area contributed by atoms with Crippen molar-refractivity contribution in [3.8, 4) is 0 Å². The van der Waals surface area contributed by atoms with E-state index in [9.17, 15) is 0 Å². The molecule has 0 saturated heterocycles. The topological polar surface area (TPSA) is 24.9 Å². The second-order valence-electron chi connectivity index (χ2n) is 3.84. The largest absolute Gasteiger partial charge is 0.366 e. The number of hydrogen-bond donors (Lipinski definition) is 1. The zero-order chi connectivity index (χ0) is 11.3. The third-order valence-corrected chi connectivity index (χ3v) is 3.52. The lowest BCUT2D eigenvalue weighted by molar-refractivity contribution is 0.437. The van der Waals surface area contributed by atoms with Gasteiger partial charge < -0.3 is 5.32 Å². The molecular weight excluding hydrogens is 252 g/mol. The minimum absolute atomic E-state index is 0.464. The van der Waals surface area contributed by atoms with E-state index < -0.39 is 0 Å². The third-order valence-electron chi connectivity index (χ3n) is 2.88. The van der Waals surface area contributed by atoms with Crippen LogP contribution in [-0.4, -0.2) is 11.0 Å². The smallest absolute Gasteiger partial charge is 0.140 e. The van der Waals surface area contributed by atoms with Gasteiger partial charge in [-0.1, -0.05) is 26.7 Å². The maximum absolute atomic E-state index is 4.31. The van der Waals surface area contributed by atoms with Crippen LogP contribution in [0.15, 0.2) is 22.8 Å². The molecule has 1 unspecified atom stereocenters. The molecule has 1 N–H and O–H groups in total. The van der Waals surface area contributed by atoms with Gasteiger partial charge in [-0.25, -0.2) is 4.98 Å². The molecule has 15 heavy (non-hydrogen) atoms. The maximum Gasteiger partial charge on any atom is 0.140 e. The fraction of sp³-hybridized carbons (Fsp3) is 0.583. The molecule has 0 amide bonds. The molecule has 0 aromatic carbocycles. The summed E-state index contributed by atoms with van der Waals surface area (Å²) in [4.78, 5) is 4.31. The van der Waals surface area contributed by atoms with Gasteiger partial charge in [-0.3, -0.25) is 0 Å². The summed E-state index contributed by atoms with van der Waals surface area (Å²) >= 11 is 3.49. The van der Waals surface area contributed by atoms with Gasteiger partial charge in [-0.05, 0) is 40.9 Å². The molecule has 0 aliphatic carbocycles. The molecule has 0 fully saturated rings. The summed E-state index contributed by atoms with van der Waals surface area (Å²) in [7, 11) is 0. The van der Waals surface area contributed by atoms with Crippen molar-refractivity contribution in [2.75, 3.05) is 5.32 Å². The van der Waals surface area contributed by atoms with E-state index in [1.807, 2.05) is 18.3 Å². The minimum atomic E-state index is 0.464. The normalized spacial score (nSPS) is 12.9. The molecule has 0 radical (unpaired) electrons. The van der Waals surface area contributed by atoms with E-state index in [1.165, 1.54) is 12.8 Å². The molecule has 1 atom stereocenters. The molecule has 0 aliphatic heterocycles. The average molecular weight is 271 g/mol. The van der Waals surface area contributed by atoms with Crippen LogP contribution in [0.1, 0.15) is 33.6 Å². The van der Waals surface area contributed by atoms with E-state index >= 15 is 0 Å². The third kappa shape index (κ3) is 3.49. The Kier molecular flexibility index (Phi) is 5.09. The summed E-state index contributed by atoms with van der Waals surface area (Å²) in [6.07, 6.45) is 4.22. The van der Waals surface area contributed by atoms with Crippen molar-refractivity contribution in [3.05, 3.63) is 22.8 Å². The second kappa shape index (κ2) is 6.11. The summed E-state index contributed by atoms with van der Waals surface area (Å²) in [5, 5.41) is 3.45. The Morgan fingerprint density at radius 1 is 1.40 bits per heavy atom. The highest BCUT2D eigenvalue weighted by Gasteiger charge is 2.14. The molecule has 0 aliphatic rings. The molecule has 1 rings (SSSR count). The first-order valence-electron chi connectivity index (χ1n) is 5.56. The molecule has 1 heterocycles. The van der Waals surface area contributed by atoms with Crippen molar-refractivity contribution in [2.45, 2.75) is 39.7 Å². The zero-order valence-electron chi connectivity index (χ0n) is 9.63. The Hall–Kier alpha value is -0.570. The van der Waals surface area contributed by atoms with Crippen molar-refractivity contribution >= 4 is 21.7 Å². The van der Waals surface area contributed by atoms with E-state index in [2.05, 4.69) is 47.0 Å². The van der Waals surface area contributed by atoms with E-state index in [0.717, 1.165) is 10.3 Å². The van der Waals surface area contributed by atoms with Crippen LogP contribution in [0.5, 0.6) is 0 Å². The fourth-order valence-corrected chi connectivity index (χ4v) is 2.19. The van der Waals surface area contributed by atoms with Gasteiger partial charge in [0.1, 0.15) is 5.82 Å². The van der Waals surface area contributed by atoms with Gasteiger partial charge in [-0.2, -0.15) is 0 Å². The fourth-order valence-electron chi connectivity index (χ4n) is 1.82. The van der Waals surface area contributed by atoms with Crippen LogP contribution in [0.2, 0.25) is 0 Å². The number of rotatable bonds is 5. The minimum Gasteiger partial charge on any atom is -0.366 e. The number of pyridine rings is 1. The predicted octanol–water partition coefficient (Wildman–Crippen LogP) is 4.08. The SMILES string of the molecule is CCC(CC)C(C)Nc1ncccc1Br. The number of nitrogens with zero attached hydrogens (tertiary/aromatic N) is 1. The lowest BCUT2D eigenvalue weighted by Gasteiger charge is -2.23. The quantitative estimate of drug-likeness (QED) is 0.872. The molecular formula is C12H19BrN2. The average Bonchev–Trinajstić information content (AvgIpc) is 2.23. The number of anilines is 1. The van der Waals surface area contributed by atoms with Gasteiger partial charge in [0, 0.05) is 12.2 Å². The summed E-state index contributed by atoms with van der Waals surface area (Å²) in [5.74, 6) is 1.65. The van der Waals surface area contributed by atoms with Crippen molar-refractivity contribution in [3.63, 3.8) is 0 Å². The first kappa shape index (κ1) is 12.5. The first-order valence-corrected chi connectivity index (χ1v) is 6.35. The monoisotopic (exact) mass is 270 g/mol.